The van der Waals surface area contributed by atoms with Gasteiger partial charge in [-0.25, -0.2) is 0 Å². The minimum atomic E-state index is -0.0282. The van der Waals surface area contributed by atoms with Crippen LogP contribution in [0.5, 0.6) is 0 Å². The van der Waals surface area contributed by atoms with Crippen LogP contribution in [0, 0.1) is 0 Å². The lowest BCUT2D eigenvalue weighted by Crippen LogP contribution is -2.32. The molecule has 3 N–H and O–H groups in total. The van der Waals surface area contributed by atoms with Gasteiger partial charge >= 0.3 is 0 Å². The Bertz CT molecular complexity index is 428. The number of ether oxygens (including phenoxy) is 1. The summed E-state index contributed by atoms with van der Waals surface area (Å²) < 4.78 is 5.57. The first-order chi connectivity index (χ1) is 9.15. The van der Waals surface area contributed by atoms with Crippen LogP contribution in [0.15, 0.2) is 24.3 Å². The SMILES string of the molecule is CC(NC(=O)CC1CCCCO1)c1cccc(N)c1. The maximum absolute atomic E-state index is 12.0. The van der Waals surface area contributed by atoms with Crippen LogP contribution in [-0.4, -0.2) is 18.6 Å². The maximum atomic E-state index is 12.0. The third kappa shape index (κ3) is 4.24. The molecule has 0 spiro atoms. The highest BCUT2D eigenvalue weighted by atomic mass is 16.5. The molecule has 0 radical (unpaired) electrons. The monoisotopic (exact) mass is 262 g/mol. The number of nitrogen functional groups attached to an aromatic ring is 1. The number of rotatable bonds is 4. The molecule has 1 aromatic carbocycles. The number of amides is 1. The third-order valence-corrected chi connectivity index (χ3v) is 3.48. The smallest absolute Gasteiger partial charge is 0.223 e. The molecule has 2 unspecified atom stereocenters. The van der Waals surface area contributed by atoms with Crippen LogP contribution < -0.4 is 11.1 Å². The van der Waals surface area contributed by atoms with Crippen molar-refractivity contribution >= 4 is 11.6 Å². The summed E-state index contributed by atoms with van der Waals surface area (Å²) in [4.78, 5) is 12.0. The highest BCUT2D eigenvalue weighted by Crippen LogP contribution is 2.18. The van der Waals surface area contributed by atoms with Crippen molar-refractivity contribution in [3.63, 3.8) is 0 Å². The van der Waals surface area contributed by atoms with Crippen LogP contribution >= 0.6 is 0 Å². The number of carbonyl (C=O) groups is 1. The Hall–Kier alpha value is -1.55. The zero-order chi connectivity index (χ0) is 13.7. The first-order valence-electron chi connectivity index (χ1n) is 6.91. The number of benzene rings is 1. The van der Waals surface area contributed by atoms with E-state index in [1.807, 2.05) is 31.2 Å². The molecule has 104 valence electrons. The summed E-state index contributed by atoms with van der Waals surface area (Å²) in [6.07, 6.45) is 3.79. The molecule has 1 heterocycles. The highest BCUT2D eigenvalue weighted by molar-refractivity contribution is 5.77. The Morgan fingerprint density at radius 2 is 2.37 bits per heavy atom. The molecular weight excluding hydrogens is 240 g/mol. The number of carbonyl (C=O) groups excluding carboxylic acids is 1. The van der Waals surface area contributed by atoms with Gasteiger partial charge in [-0.2, -0.15) is 0 Å². The Balaban J connectivity index is 1.84. The average molecular weight is 262 g/mol. The van der Waals surface area contributed by atoms with E-state index in [-0.39, 0.29) is 18.1 Å². The summed E-state index contributed by atoms with van der Waals surface area (Å²) in [5.74, 6) is 0.0434. The number of hydrogen-bond acceptors (Lipinski definition) is 3. The quantitative estimate of drug-likeness (QED) is 0.819. The summed E-state index contributed by atoms with van der Waals surface area (Å²) in [6, 6.07) is 7.57. The molecule has 19 heavy (non-hydrogen) atoms. The van der Waals surface area contributed by atoms with Gasteiger partial charge in [0.2, 0.25) is 5.91 Å². The van der Waals surface area contributed by atoms with Crippen molar-refractivity contribution in [3.8, 4) is 0 Å². The largest absolute Gasteiger partial charge is 0.399 e. The number of nitrogens with one attached hydrogen (secondary N) is 1. The predicted octanol–water partition coefficient (Wildman–Crippen LogP) is 2.41. The summed E-state index contributed by atoms with van der Waals surface area (Å²) in [5.41, 5.74) is 7.49. The molecule has 1 fully saturated rings. The normalized spacial score (nSPS) is 20.8. The van der Waals surface area contributed by atoms with E-state index < -0.39 is 0 Å². The number of nitrogens with two attached hydrogens (primary N) is 1. The van der Waals surface area contributed by atoms with E-state index in [1.54, 1.807) is 0 Å². The number of anilines is 1. The summed E-state index contributed by atoms with van der Waals surface area (Å²) >= 11 is 0. The van der Waals surface area contributed by atoms with Crippen molar-refractivity contribution in [2.45, 2.75) is 44.8 Å². The molecule has 1 aliphatic rings. The van der Waals surface area contributed by atoms with Crippen LogP contribution in [0.2, 0.25) is 0 Å². The molecule has 2 rings (SSSR count). The van der Waals surface area contributed by atoms with Gasteiger partial charge in [0.15, 0.2) is 0 Å². The third-order valence-electron chi connectivity index (χ3n) is 3.48. The van der Waals surface area contributed by atoms with Crippen LogP contribution in [0.1, 0.15) is 44.2 Å². The molecule has 0 aromatic heterocycles. The van der Waals surface area contributed by atoms with Crippen molar-refractivity contribution in [1.82, 2.24) is 5.32 Å². The van der Waals surface area contributed by atoms with Crippen molar-refractivity contribution < 1.29 is 9.53 Å². The molecule has 2 atom stereocenters. The van der Waals surface area contributed by atoms with Gasteiger partial charge in [0.25, 0.3) is 0 Å². The highest BCUT2D eigenvalue weighted by Gasteiger charge is 2.18. The van der Waals surface area contributed by atoms with Gasteiger partial charge in [0.05, 0.1) is 18.6 Å². The fourth-order valence-corrected chi connectivity index (χ4v) is 2.39. The van der Waals surface area contributed by atoms with Crippen molar-refractivity contribution in [1.29, 1.82) is 0 Å². The van der Waals surface area contributed by atoms with Crippen LogP contribution in [0.4, 0.5) is 5.69 Å². The number of hydrogen-bond donors (Lipinski definition) is 2. The lowest BCUT2D eigenvalue weighted by Gasteiger charge is -2.23. The van der Waals surface area contributed by atoms with Gasteiger partial charge in [-0.15, -0.1) is 0 Å². The summed E-state index contributed by atoms with van der Waals surface area (Å²) in [6.45, 7) is 2.75. The van der Waals surface area contributed by atoms with Crippen molar-refractivity contribution in [2.75, 3.05) is 12.3 Å². The van der Waals surface area contributed by atoms with Gasteiger partial charge in [-0.1, -0.05) is 12.1 Å². The molecular formula is C15H22N2O2. The first kappa shape index (κ1) is 13.9. The van der Waals surface area contributed by atoms with Crippen LogP contribution in [0.3, 0.4) is 0 Å². The Morgan fingerprint density at radius 3 is 3.05 bits per heavy atom. The molecule has 4 heteroatoms. The molecule has 0 aliphatic carbocycles. The van der Waals surface area contributed by atoms with Gasteiger partial charge in [-0.3, -0.25) is 4.79 Å². The second kappa shape index (κ2) is 6.57. The van der Waals surface area contributed by atoms with Gasteiger partial charge in [-0.05, 0) is 43.9 Å². The lowest BCUT2D eigenvalue weighted by molar-refractivity contribution is -0.125. The lowest BCUT2D eigenvalue weighted by atomic mass is 10.0. The van der Waals surface area contributed by atoms with Crippen LogP contribution in [-0.2, 0) is 9.53 Å². The zero-order valence-corrected chi connectivity index (χ0v) is 11.4. The van der Waals surface area contributed by atoms with Gasteiger partial charge < -0.3 is 15.8 Å². The van der Waals surface area contributed by atoms with E-state index in [0.29, 0.717) is 12.1 Å². The van der Waals surface area contributed by atoms with E-state index in [1.165, 1.54) is 0 Å². The standard InChI is InChI=1S/C15H22N2O2/c1-11(12-5-4-6-13(16)9-12)17-15(18)10-14-7-2-3-8-19-14/h4-6,9,11,14H,2-3,7-8,10,16H2,1H3,(H,17,18). The van der Waals surface area contributed by atoms with E-state index in [4.69, 9.17) is 10.5 Å². The Kier molecular flexibility index (Phi) is 4.80. The summed E-state index contributed by atoms with van der Waals surface area (Å²) in [5, 5.41) is 3.00. The molecule has 1 aromatic rings. The molecule has 0 bridgehead atoms. The van der Waals surface area contributed by atoms with Gasteiger partial charge in [0, 0.05) is 12.3 Å². The Labute approximate surface area is 114 Å². The zero-order valence-electron chi connectivity index (χ0n) is 11.4. The van der Waals surface area contributed by atoms with E-state index in [0.717, 1.165) is 31.4 Å². The van der Waals surface area contributed by atoms with E-state index in [9.17, 15) is 4.79 Å². The average Bonchev–Trinajstić information content (AvgIpc) is 2.39. The topological polar surface area (TPSA) is 64.3 Å². The fourth-order valence-electron chi connectivity index (χ4n) is 2.39. The van der Waals surface area contributed by atoms with Gasteiger partial charge in [0.1, 0.15) is 0 Å². The van der Waals surface area contributed by atoms with Crippen molar-refractivity contribution in [2.24, 2.45) is 0 Å². The second-order valence-corrected chi connectivity index (χ2v) is 5.15. The van der Waals surface area contributed by atoms with E-state index in [2.05, 4.69) is 5.32 Å². The van der Waals surface area contributed by atoms with E-state index >= 15 is 0 Å². The fraction of sp³-hybridized carbons (Fsp3) is 0.533. The summed E-state index contributed by atoms with van der Waals surface area (Å²) in [7, 11) is 0. The molecule has 1 saturated heterocycles. The Morgan fingerprint density at radius 1 is 1.53 bits per heavy atom. The molecule has 0 saturated carbocycles. The first-order valence-corrected chi connectivity index (χ1v) is 6.91. The molecule has 1 amide bonds. The van der Waals surface area contributed by atoms with Crippen LogP contribution in [0.25, 0.3) is 0 Å². The molecule has 1 aliphatic heterocycles. The minimum Gasteiger partial charge on any atom is -0.399 e. The second-order valence-electron chi connectivity index (χ2n) is 5.15. The molecule has 4 nitrogen and oxygen atoms in total. The van der Waals surface area contributed by atoms with Crippen molar-refractivity contribution in [3.05, 3.63) is 29.8 Å². The maximum Gasteiger partial charge on any atom is 0.223 e. The predicted molar refractivity (Wildman–Crippen MR) is 75.6 cm³/mol. The minimum absolute atomic E-state index is 0.0282.